The molecular formula is C28H27N3O3S. The Morgan fingerprint density at radius 1 is 0.857 bits per heavy atom. The smallest absolute Gasteiger partial charge is 0.255 e. The monoisotopic (exact) mass is 485 g/mol. The fourth-order valence-corrected chi connectivity index (χ4v) is 4.41. The second-order valence-corrected chi connectivity index (χ2v) is 9.03. The maximum Gasteiger partial charge on any atom is 0.255 e. The number of carbonyl (C=O) groups excluding carboxylic acids is 2. The molecule has 4 aromatic rings. The molecule has 1 atom stereocenters. The van der Waals surface area contributed by atoms with E-state index in [4.69, 9.17) is 4.74 Å². The largest absolute Gasteiger partial charge is 0.497 e. The van der Waals surface area contributed by atoms with Crippen molar-refractivity contribution in [2.45, 2.75) is 13.0 Å². The van der Waals surface area contributed by atoms with E-state index in [1.807, 2.05) is 11.4 Å². The first-order valence-electron chi connectivity index (χ1n) is 11.2. The van der Waals surface area contributed by atoms with E-state index in [-0.39, 0.29) is 24.4 Å². The zero-order chi connectivity index (χ0) is 24.6. The molecule has 0 fully saturated rings. The lowest BCUT2D eigenvalue weighted by Gasteiger charge is -2.18. The van der Waals surface area contributed by atoms with Crippen molar-refractivity contribution in [3.05, 3.63) is 112 Å². The summed E-state index contributed by atoms with van der Waals surface area (Å²) in [6, 6.07) is 26.2. The highest BCUT2D eigenvalue weighted by molar-refractivity contribution is 7.10. The second-order valence-electron chi connectivity index (χ2n) is 8.05. The molecule has 0 aliphatic rings. The SMILES string of the molecule is COc1ccc(NC(=O)c2ccc(NC(=O)CNC(c3ccc(C)cc3)c3cccs3)cc2)cc1. The van der Waals surface area contributed by atoms with E-state index in [2.05, 4.69) is 53.2 Å². The van der Waals surface area contributed by atoms with Crippen LogP contribution in [0.25, 0.3) is 0 Å². The molecular weight excluding hydrogens is 458 g/mol. The van der Waals surface area contributed by atoms with Gasteiger partial charge in [0, 0.05) is 21.8 Å². The Morgan fingerprint density at radius 3 is 2.14 bits per heavy atom. The van der Waals surface area contributed by atoms with Crippen molar-refractivity contribution in [3.8, 4) is 5.75 Å². The maximum absolute atomic E-state index is 12.6. The van der Waals surface area contributed by atoms with Crippen molar-refractivity contribution in [3.63, 3.8) is 0 Å². The van der Waals surface area contributed by atoms with Crippen LogP contribution in [0.5, 0.6) is 5.75 Å². The van der Waals surface area contributed by atoms with Crippen molar-refractivity contribution >= 4 is 34.5 Å². The number of hydrogen-bond donors (Lipinski definition) is 3. The number of rotatable bonds is 9. The zero-order valence-corrected chi connectivity index (χ0v) is 20.4. The minimum absolute atomic E-state index is 0.0645. The number of nitrogens with one attached hydrogen (secondary N) is 3. The highest BCUT2D eigenvalue weighted by atomic mass is 32.1. The van der Waals surface area contributed by atoms with Crippen molar-refractivity contribution in [1.29, 1.82) is 0 Å². The summed E-state index contributed by atoms with van der Waals surface area (Å²) in [6.45, 7) is 2.20. The highest BCUT2D eigenvalue weighted by Gasteiger charge is 2.16. The minimum Gasteiger partial charge on any atom is -0.497 e. The van der Waals surface area contributed by atoms with Gasteiger partial charge in [0.2, 0.25) is 5.91 Å². The van der Waals surface area contributed by atoms with Crippen LogP contribution in [0.15, 0.2) is 90.3 Å². The Balaban J connectivity index is 1.33. The lowest BCUT2D eigenvalue weighted by Crippen LogP contribution is -2.31. The molecule has 2 amide bonds. The van der Waals surface area contributed by atoms with Crippen LogP contribution < -0.4 is 20.7 Å². The van der Waals surface area contributed by atoms with Gasteiger partial charge < -0.3 is 15.4 Å². The van der Waals surface area contributed by atoms with Gasteiger partial charge in [0.05, 0.1) is 19.7 Å². The van der Waals surface area contributed by atoms with Gasteiger partial charge in [-0.15, -0.1) is 11.3 Å². The number of thiophene rings is 1. The maximum atomic E-state index is 12.6. The summed E-state index contributed by atoms with van der Waals surface area (Å²) in [7, 11) is 1.59. The molecule has 178 valence electrons. The molecule has 0 saturated heterocycles. The molecule has 6 nitrogen and oxygen atoms in total. The molecule has 4 rings (SSSR count). The van der Waals surface area contributed by atoms with Crippen molar-refractivity contribution in [2.75, 3.05) is 24.3 Å². The third-order valence-electron chi connectivity index (χ3n) is 5.48. The van der Waals surface area contributed by atoms with Gasteiger partial charge in [0.1, 0.15) is 5.75 Å². The lowest BCUT2D eigenvalue weighted by atomic mass is 10.0. The molecule has 1 unspecified atom stereocenters. The van der Waals surface area contributed by atoms with E-state index >= 15 is 0 Å². The van der Waals surface area contributed by atoms with Crippen LogP contribution in [0.2, 0.25) is 0 Å². The van der Waals surface area contributed by atoms with Crippen LogP contribution in [0.3, 0.4) is 0 Å². The molecule has 0 aliphatic heterocycles. The van der Waals surface area contributed by atoms with Gasteiger partial charge in [0.25, 0.3) is 5.91 Å². The Kier molecular flexibility index (Phi) is 7.92. The van der Waals surface area contributed by atoms with Crippen LogP contribution in [0.1, 0.15) is 32.4 Å². The fourth-order valence-electron chi connectivity index (χ4n) is 3.58. The van der Waals surface area contributed by atoms with Gasteiger partial charge >= 0.3 is 0 Å². The molecule has 0 spiro atoms. The Labute approximate surface area is 209 Å². The average molecular weight is 486 g/mol. The van der Waals surface area contributed by atoms with Crippen LogP contribution in [-0.2, 0) is 4.79 Å². The number of ether oxygens (including phenoxy) is 1. The van der Waals surface area contributed by atoms with E-state index in [1.165, 1.54) is 5.56 Å². The van der Waals surface area contributed by atoms with Crippen molar-refractivity contribution in [2.24, 2.45) is 0 Å². The van der Waals surface area contributed by atoms with E-state index in [0.717, 1.165) is 16.2 Å². The molecule has 7 heteroatoms. The molecule has 3 N–H and O–H groups in total. The molecule has 0 bridgehead atoms. The average Bonchev–Trinajstić information content (AvgIpc) is 3.41. The number of methoxy groups -OCH3 is 1. The Hall–Kier alpha value is -3.94. The van der Waals surface area contributed by atoms with Gasteiger partial charge in [-0.05, 0) is 72.5 Å². The number of amides is 2. The summed E-state index contributed by atoms with van der Waals surface area (Å²) in [5, 5.41) is 11.1. The molecule has 3 aromatic carbocycles. The number of hydrogen-bond acceptors (Lipinski definition) is 5. The normalized spacial score (nSPS) is 11.5. The van der Waals surface area contributed by atoms with Gasteiger partial charge in [-0.25, -0.2) is 0 Å². The number of benzene rings is 3. The van der Waals surface area contributed by atoms with Gasteiger partial charge in [-0.2, -0.15) is 0 Å². The lowest BCUT2D eigenvalue weighted by molar-refractivity contribution is -0.115. The number of aryl methyl sites for hydroxylation is 1. The van der Waals surface area contributed by atoms with Crippen LogP contribution >= 0.6 is 11.3 Å². The quantitative estimate of drug-likeness (QED) is 0.287. The Bertz CT molecular complexity index is 1250. The van der Waals surface area contributed by atoms with Crippen molar-refractivity contribution in [1.82, 2.24) is 5.32 Å². The van der Waals surface area contributed by atoms with Gasteiger partial charge in [0.15, 0.2) is 0 Å². The number of carbonyl (C=O) groups is 2. The second kappa shape index (κ2) is 11.5. The van der Waals surface area contributed by atoms with Crippen LogP contribution in [0.4, 0.5) is 11.4 Å². The highest BCUT2D eigenvalue weighted by Crippen LogP contribution is 2.26. The van der Waals surface area contributed by atoms with Crippen molar-refractivity contribution < 1.29 is 14.3 Å². The fraction of sp³-hybridized carbons (Fsp3) is 0.143. The summed E-state index contributed by atoms with van der Waals surface area (Å²) < 4.78 is 5.13. The summed E-state index contributed by atoms with van der Waals surface area (Å²) in [5.41, 5.74) is 4.10. The first kappa shape index (κ1) is 24.2. The van der Waals surface area contributed by atoms with E-state index in [0.29, 0.717) is 16.9 Å². The summed E-state index contributed by atoms with van der Waals surface area (Å²) in [6.07, 6.45) is 0. The topological polar surface area (TPSA) is 79.5 Å². The van der Waals surface area contributed by atoms with E-state index < -0.39 is 0 Å². The summed E-state index contributed by atoms with van der Waals surface area (Å²) in [4.78, 5) is 26.3. The predicted octanol–water partition coefficient (Wildman–Crippen LogP) is 5.64. The predicted molar refractivity (Wildman–Crippen MR) is 141 cm³/mol. The molecule has 0 saturated carbocycles. The first-order chi connectivity index (χ1) is 17.0. The summed E-state index contributed by atoms with van der Waals surface area (Å²) >= 11 is 1.65. The third-order valence-corrected chi connectivity index (χ3v) is 6.42. The first-order valence-corrected chi connectivity index (χ1v) is 12.1. The Morgan fingerprint density at radius 2 is 1.51 bits per heavy atom. The van der Waals surface area contributed by atoms with Gasteiger partial charge in [-0.1, -0.05) is 35.9 Å². The minimum atomic E-state index is -0.230. The molecule has 1 heterocycles. The summed E-state index contributed by atoms with van der Waals surface area (Å²) in [5.74, 6) is 0.332. The van der Waals surface area contributed by atoms with Crippen LogP contribution in [0, 0.1) is 6.92 Å². The molecule has 35 heavy (non-hydrogen) atoms. The molecule has 0 aliphatic carbocycles. The number of anilines is 2. The van der Waals surface area contributed by atoms with E-state index in [1.54, 1.807) is 67.0 Å². The standard InChI is InChI=1S/C28H27N3O3S/c1-19-5-7-20(8-6-19)27(25-4-3-17-35-25)29-18-26(32)30-22-11-9-21(10-12-22)28(33)31-23-13-15-24(34-2)16-14-23/h3-17,27,29H,18H2,1-2H3,(H,30,32)(H,31,33). The van der Waals surface area contributed by atoms with E-state index in [9.17, 15) is 9.59 Å². The van der Waals surface area contributed by atoms with Crippen LogP contribution in [-0.4, -0.2) is 25.5 Å². The third kappa shape index (κ3) is 6.56. The zero-order valence-electron chi connectivity index (χ0n) is 19.6. The van der Waals surface area contributed by atoms with Gasteiger partial charge in [-0.3, -0.25) is 14.9 Å². The molecule has 1 aromatic heterocycles. The molecule has 0 radical (unpaired) electrons.